The first-order chi connectivity index (χ1) is 15.3. The van der Waals surface area contributed by atoms with Gasteiger partial charge in [-0.1, -0.05) is 66.7 Å². The largest absolute Gasteiger partial charge is 0.456 e. The molecule has 0 aliphatic carbocycles. The van der Waals surface area contributed by atoms with Gasteiger partial charge in [0.1, 0.15) is 11.2 Å². The second kappa shape index (κ2) is 5.99. The van der Waals surface area contributed by atoms with Crippen molar-refractivity contribution >= 4 is 54.5 Å². The lowest BCUT2D eigenvalue weighted by Gasteiger charge is -2.10. The van der Waals surface area contributed by atoms with Crippen LogP contribution < -0.4 is 0 Å². The summed E-state index contributed by atoms with van der Waals surface area (Å²) >= 11 is 0. The second-order valence-corrected chi connectivity index (χ2v) is 8.27. The summed E-state index contributed by atoms with van der Waals surface area (Å²) in [7, 11) is 0. The van der Waals surface area contributed by atoms with Gasteiger partial charge >= 0.3 is 0 Å². The third-order valence-corrected chi connectivity index (χ3v) is 6.50. The van der Waals surface area contributed by atoms with E-state index >= 15 is 0 Å². The van der Waals surface area contributed by atoms with Crippen molar-refractivity contribution in [2.24, 2.45) is 0 Å². The zero-order valence-corrected chi connectivity index (χ0v) is 17.1. The summed E-state index contributed by atoms with van der Waals surface area (Å²) in [5, 5.41) is 7.44. The number of benzene rings is 5. The van der Waals surface area contributed by atoms with Crippen LogP contribution in [0.15, 0.2) is 101 Å². The highest BCUT2D eigenvalue weighted by atomic mass is 16.3. The van der Waals surface area contributed by atoms with Crippen molar-refractivity contribution in [1.29, 1.82) is 0 Å². The smallest absolute Gasteiger partial charge is 0.135 e. The normalized spacial score (nSPS) is 12.0. The molecule has 0 N–H and O–H groups in total. The minimum Gasteiger partial charge on any atom is -0.456 e. The number of aryl methyl sites for hydroxylation is 1. The van der Waals surface area contributed by atoms with E-state index in [0.717, 1.165) is 22.2 Å². The number of furan rings is 1. The lowest BCUT2D eigenvalue weighted by atomic mass is 10.1. The summed E-state index contributed by atoms with van der Waals surface area (Å²) in [6.45, 7) is 2.15. The minimum atomic E-state index is 0.929. The number of hydrogen-bond donors (Lipinski definition) is 0. The molecule has 0 aliphatic rings. The van der Waals surface area contributed by atoms with Gasteiger partial charge in [-0.2, -0.15) is 0 Å². The van der Waals surface area contributed by atoms with Crippen LogP contribution in [0.2, 0.25) is 0 Å². The molecule has 0 fully saturated rings. The van der Waals surface area contributed by atoms with Gasteiger partial charge in [0.15, 0.2) is 0 Å². The standard InChI is InChI=1S/C29H19NO/c1-18-7-6-12-27-28(18)24-17-20(14-16-26(24)31-27)30-25-11-5-4-10-22(25)23-15-13-19-8-2-3-9-21(19)29(23)30/h2-17H,1H3. The molecule has 2 heteroatoms. The molecule has 0 bridgehead atoms. The van der Waals surface area contributed by atoms with Crippen molar-refractivity contribution in [3.8, 4) is 5.69 Å². The van der Waals surface area contributed by atoms with E-state index in [0.29, 0.717) is 0 Å². The summed E-state index contributed by atoms with van der Waals surface area (Å²) in [4.78, 5) is 0. The molecule has 0 unspecified atom stereocenters. The molecular weight excluding hydrogens is 378 g/mol. The summed E-state index contributed by atoms with van der Waals surface area (Å²) in [6, 6.07) is 34.6. The Bertz CT molecular complexity index is 1800. The minimum absolute atomic E-state index is 0.929. The maximum absolute atomic E-state index is 6.14. The van der Waals surface area contributed by atoms with Gasteiger partial charge in [-0.05, 0) is 48.2 Å². The number of nitrogens with zero attached hydrogens (tertiary/aromatic N) is 1. The number of rotatable bonds is 1. The highest BCUT2D eigenvalue weighted by Gasteiger charge is 2.16. The molecule has 0 aliphatic heterocycles. The first kappa shape index (κ1) is 16.7. The van der Waals surface area contributed by atoms with Crippen LogP contribution in [0, 0.1) is 6.92 Å². The second-order valence-electron chi connectivity index (χ2n) is 8.27. The van der Waals surface area contributed by atoms with Crippen LogP contribution in [0.4, 0.5) is 0 Å². The maximum atomic E-state index is 6.14. The van der Waals surface area contributed by atoms with Crippen molar-refractivity contribution in [3.05, 3.63) is 103 Å². The molecular formula is C29H19NO. The summed E-state index contributed by atoms with van der Waals surface area (Å²) in [5.41, 5.74) is 6.74. The van der Waals surface area contributed by atoms with Crippen LogP contribution in [-0.4, -0.2) is 4.57 Å². The highest BCUT2D eigenvalue weighted by molar-refractivity contribution is 6.19. The van der Waals surface area contributed by atoms with E-state index in [1.165, 1.54) is 43.5 Å². The Kier molecular flexibility index (Phi) is 3.23. The molecule has 5 aromatic carbocycles. The molecule has 7 rings (SSSR count). The van der Waals surface area contributed by atoms with Gasteiger partial charge in [-0.3, -0.25) is 0 Å². The van der Waals surface area contributed by atoms with Crippen molar-refractivity contribution < 1.29 is 4.42 Å². The molecule has 2 nitrogen and oxygen atoms in total. The lowest BCUT2D eigenvalue weighted by molar-refractivity contribution is 0.668. The summed E-state index contributed by atoms with van der Waals surface area (Å²) < 4.78 is 8.55. The third kappa shape index (κ3) is 2.22. The topological polar surface area (TPSA) is 18.1 Å². The van der Waals surface area contributed by atoms with Crippen LogP contribution in [0.5, 0.6) is 0 Å². The molecule has 31 heavy (non-hydrogen) atoms. The van der Waals surface area contributed by atoms with Crippen molar-refractivity contribution in [2.75, 3.05) is 0 Å². The monoisotopic (exact) mass is 397 g/mol. The van der Waals surface area contributed by atoms with Gasteiger partial charge in [0.2, 0.25) is 0 Å². The first-order valence-electron chi connectivity index (χ1n) is 10.6. The van der Waals surface area contributed by atoms with Crippen molar-refractivity contribution in [2.45, 2.75) is 6.92 Å². The van der Waals surface area contributed by atoms with Gasteiger partial charge in [-0.15, -0.1) is 0 Å². The zero-order valence-electron chi connectivity index (χ0n) is 17.1. The third-order valence-electron chi connectivity index (χ3n) is 6.50. The molecule has 2 aromatic heterocycles. The predicted octanol–water partition coefficient (Wildman–Crippen LogP) is 8.14. The lowest BCUT2D eigenvalue weighted by Crippen LogP contribution is -1.94. The quantitative estimate of drug-likeness (QED) is 0.273. The van der Waals surface area contributed by atoms with Gasteiger partial charge in [0, 0.05) is 32.6 Å². The molecule has 0 radical (unpaired) electrons. The van der Waals surface area contributed by atoms with Gasteiger partial charge in [0.25, 0.3) is 0 Å². The maximum Gasteiger partial charge on any atom is 0.135 e. The molecule has 0 spiro atoms. The van der Waals surface area contributed by atoms with E-state index in [1.807, 2.05) is 0 Å². The Morgan fingerprint density at radius 2 is 1.45 bits per heavy atom. The fourth-order valence-electron chi connectivity index (χ4n) is 5.13. The van der Waals surface area contributed by atoms with E-state index in [-0.39, 0.29) is 0 Å². The Balaban J connectivity index is 1.68. The average Bonchev–Trinajstić information content (AvgIpc) is 3.35. The summed E-state index contributed by atoms with van der Waals surface area (Å²) in [6.07, 6.45) is 0. The van der Waals surface area contributed by atoms with E-state index in [4.69, 9.17) is 4.42 Å². The highest BCUT2D eigenvalue weighted by Crippen LogP contribution is 2.38. The first-order valence-corrected chi connectivity index (χ1v) is 10.6. The zero-order chi connectivity index (χ0) is 20.5. The van der Waals surface area contributed by atoms with Gasteiger partial charge in [0.05, 0.1) is 11.0 Å². The molecule has 0 saturated carbocycles. The van der Waals surface area contributed by atoms with Gasteiger partial charge < -0.3 is 8.98 Å². The van der Waals surface area contributed by atoms with Crippen LogP contribution in [0.1, 0.15) is 5.56 Å². The van der Waals surface area contributed by atoms with Crippen molar-refractivity contribution in [3.63, 3.8) is 0 Å². The number of hydrogen-bond acceptors (Lipinski definition) is 1. The number of fused-ring (bicyclic) bond motifs is 8. The van der Waals surface area contributed by atoms with E-state index < -0.39 is 0 Å². The van der Waals surface area contributed by atoms with E-state index in [2.05, 4.69) is 109 Å². The number of para-hydroxylation sites is 1. The molecule has 0 saturated heterocycles. The fourth-order valence-corrected chi connectivity index (χ4v) is 5.13. The van der Waals surface area contributed by atoms with E-state index in [9.17, 15) is 0 Å². The summed E-state index contributed by atoms with van der Waals surface area (Å²) in [5.74, 6) is 0. The van der Waals surface area contributed by atoms with Crippen LogP contribution >= 0.6 is 0 Å². The Morgan fingerprint density at radius 1 is 0.613 bits per heavy atom. The van der Waals surface area contributed by atoms with Crippen LogP contribution in [0.25, 0.3) is 60.2 Å². The fraction of sp³-hybridized carbons (Fsp3) is 0.0345. The Morgan fingerprint density at radius 3 is 2.39 bits per heavy atom. The number of aromatic nitrogens is 1. The Labute approximate surface area is 178 Å². The molecule has 0 atom stereocenters. The predicted molar refractivity (Wildman–Crippen MR) is 130 cm³/mol. The molecule has 7 aromatic rings. The van der Waals surface area contributed by atoms with E-state index in [1.54, 1.807) is 0 Å². The van der Waals surface area contributed by atoms with Crippen LogP contribution in [0.3, 0.4) is 0 Å². The molecule has 2 heterocycles. The van der Waals surface area contributed by atoms with Gasteiger partial charge in [-0.25, -0.2) is 0 Å². The molecule has 0 amide bonds. The average molecular weight is 397 g/mol. The SMILES string of the molecule is Cc1cccc2oc3ccc(-n4c5ccccc5c5ccc6ccccc6c54)cc3c12. The van der Waals surface area contributed by atoms with Crippen LogP contribution in [-0.2, 0) is 0 Å². The molecule has 146 valence electrons. The van der Waals surface area contributed by atoms with Crippen molar-refractivity contribution in [1.82, 2.24) is 4.57 Å². The Hall–Kier alpha value is -4.04.